The van der Waals surface area contributed by atoms with E-state index >= 15 is 0 Å². The van der Waals surface area contributed by atoms with Crippen molar-refractivity contribution in [2.75, 3.05) is 14.2 Å². The second-order valence-corrected chi connectivity index (χ2v) is 4.71. The number of amides is 1. The molecule has 0 atom stereocenters. The highest BCUT2D eigenvalue weighted by molar-refractivity contribution is 5.94. The topological polar surface area (TPSA) is 82.7 Å². The van der Waals surface area contributed by atoms with E-state index in [-0.39, 0.29) is 12.1 Å². The van der Waals surface area contributed by atoms with Crippen molar-refractivity contribution in [1.82, 2.24) is 10.1 Å². The number of ether oxygens (including phenoxy) is 2. The van der Waals surface area contributed by atoms with E-state index in [1.54, 1.807) is 40.3 Å². The second kappa shape index (κ2) is 6.38. The summed E-state index contributed by atoms with van der Waals surface area (Å²) in [4.78, 5) is 23.7. The highest BCUT2D eigenvalue weighted by Crippen LogP contribution is 2.27. The number of carbonyl (C=O) groups is 1. The lowest BCUT2D eigenvalue weighted by atomic mass is 10.2. The Labute approximate surface area is 127 Å². The summed E-state index contributed by atoms with van der Waals surface area (Å²) in [6, 6.07) is 5.32. The summed E-state index contributed by atoms with van der Waals surface area (Å²) in [5.74, 6) is 0.711. The Kier molecular flexibility index (Phi) is 4.55. The van der Waals surface area contributed by atoms with Gasteiger partial charge in [-0.15, -0.1) is 0 Å². The quantitative estimate of drug-likeness (QED) is 0.898. The molecule has 0 radical (unpaired) electrons. The first-order valence-electron chi connectivity index (χ1n) is 6.64. The molecule has 0 spiro atoms. The lowest BCUT2D eigenvalue weighted by molar-refractivity contribution is 0.0948. The van der Waals surface area contributed by atoms with Crippen molar-refractivity contribution in [3.8, 4) is 11.5 Å². The molecule has 0 saturated carbocycles. The molecule has 1 aromatic carbocycles. The van der Waals surface area contributed by atoms with Gasteiger partial charge in [-0.1, -0.05) is 6.07 Å². The number of nitrogens with zero attached hydrogens (tertiary/aromatic N) is 1. The first-order valence-corrected chi connectivity index (χ1v) is 6.64. The van der Waals surface area contributed by atoms with Gasteiger partial charge in [-0.25, -0.2) is 9.53 Å². The van der Waals surface area contributed by atoms with E-state index in [2.05, 4.69) is 5.32 Å². The monoisotopic (exact) mass is 306 g/mol. The summed E-state index contributed by atoms with van der Waals surface area (Å²) < 4.78 is 16.5. The van der Waals surface area contributed by atoms with Gasteiger partial charge in [0.2, 0.25) is 0 Å². The van der Waals surface area contributed by atoms with E-state index in [0.717, 1.165) is 5.56 Å². The molecule has 0 unspecified atom stereocenters. The SMILES string of the molecule is COc1ccc(CNC(=O)c2c(C)n(C)oc2=O)cc1OC. The maximum Gasteiger partial charge on any atom is 0.370 e. The standard InChI is InChI=1S/C15H18N2O5/c1-9-13(15(19)22-17(9)2)14(18)16-8-10-5-6-11(20-3)12(7-10)21-4/h5-7H,8H2,1-4H3,(H,16,18). The fourth-order valence-corrected chi connectivity index (χ4v) is 2.06. The first-order chi connectivity index (χ1) is 10.5. The summed E-state index contributed by atoms with van der Waals surface area (Å²) in [6.07, 6.45) is 0. The number of rotatable bonds is 5. The lowest BCUT2D eigenvalue weighted by Gasteiger charge is -2.10. The Bertz CT molecular complexity index is 745. The predicted molar refractivity (Wildman–Crippen MR) is 79.4 cm³/mol. The van der Waals surface area contributed by atoms with Crippen LogP contribution in [-0.4, -0.2) is 24.9 Å². The smallest absolute Gasteiger partial charge is 0.370 e. The van der Waals surface area contributed by atoms with Crippen molar-refractivity contribution in [1.29, 1.82) is 0 Å². The van der Waals surface area contributed by atoms with Crippen LogP contribution in [0.5, 0.6) is 11.5 Å². The largest absolute Gasteiger partial charge is 0.493 e. The van der Waals surface area contributed by atoms with Crippen LogP contribution in [0, 0.1) is 6.92 Å². The van der Waals surface area contributed by atoms with Crippen molar-refractivity contribution >= 4 is 5.91 Å². The number of benzene rings is 1. The van der Waals surface area contributed by atoms with Gasteiger partial charge in [0.1, 0.15) is 5.56 Å². The Balaban J connectivity index is 2.13. The van der Waals surface area contributed by atoms with Crippen molar-refractivity contribution in [2.45, 2.75) is 13.5 Å². The van der Waals surface area contributed by atoms with Crippen LogP contribution in [0.2, 0.25) is 0 Å². The van der Waals surface area contributed by atoms with Crippen molar-refractivity contribution in [2.24, 2.45) is 7.05 Å². The van der Waals surface area contributed by atoms with E-state index in [0.29, 0.717) is 17.2 Å². The molecular formula is C15H18N2O5. The normalized spacial score (nSPS) is 10.4. The third-order valence-electron chi connectivity index (χ3n) is 3.39. The molecule has 0 saturated heterocycles. The number of methoxy groups -OCH3 is 2. The van der Waals surface area contributed by atoms with Crippen LogP contribution in [-0.2, 0) is 13.6 Å². The number of hydrogen-bond acceptors (Lipinski definition) is 5. The second-order valence-electron chi connectivity index (χ2n) is 4.71. The zero-order valence-electron chi connectivity index (χ0n) is 12.9. The maximum atomic E-state index is 12.1. The first kappa shape index (κ1) is 15.7. The molecule has 7 heteroatoms. The molecule has 0 aliphatic heterocycles. The van der Waals surface area contributed by atoms with E-state index < -0.39 is 11.5 Å². The highest BCUT2D eigenvalue weighted by Gasteiger charge is 2.19. The molecule has 2 rings (SSSR count). The molecule has 22 heavy (non-hydrogen) atoms. The molecule has 1 N–H and O–H groups in total. The van der Waals surface area contributed by atoms with Gasteiger partial charge < -0.3 is 19.3 Å². The van der Waals surface area contributed by atoms with Gasteiger partial charge in [-0.05, 0) is 24.6 Å². The molecule has 1 heterocycles. The molecule has 1 aromatic heterocycles. The number of aryl methyl sites for hydroxylation is 1. The van der Waals surface area contributed by atoms with Gasteiger partial charge in [0, 0.05) is 13.6 Å². The summed E-state index contributed by atoms with van der Waals surface area (Å²) >= 11 is 0. The van der Waals surface area contributed by atoms with E-state index in [4.69, 9.17) is 14.0 Å². The lowest BCUT2D eigenvalue weighted by Crippen LogP contribution is -2.27. The summed E-state index contributed by atoms with van der Waals surface area (Å²) in [6.45, 7) is 1.91. The minimum Gasteiger partial charge on any atom is -0.493 e. The summed E-state index contributed by atoms with van der Waals surface area (Å²) in [5, 5.41) is 2.69. The molecule has 7 nitrogen and oxygen atoms in total. The third-order valence-corrected chi connectivity index (χ3v) is 3.39. The van der Waals surface area contributed by atoms with Crippen molar-refractivity contribution in [3.05, 3.63) is 45.4 Å². The van der Waals surface area contributed by atoms with Gasteiger partial charge in [0.05, 0.1) is 19.9 Å². The van der Waals surface area contributed by atoms with Crippen molar-refractivity contribution < 1.29 is 18.8 Å². The summed E-state index contributed by atoms with van der Waals surface area (Å²) in [7, 11) is 4.66. The van der Waals surface area contributed by atoms with Crippen LogP contribution in [0.25, 0.3) is 0 Å². The fraction of sp³-hybridized carbons (Fsp3) is 0.333. The van der Waals surface area contributed by atoms with Crippen LogP contribution in [0.4, 0.5) is 0 Å². The zero-order chi connectivity index (χ0) is 16.3. The van der Waals surface area contributed by atoms with Crippen LogP contribution in [0.15, 0.2) is 27.5 Å². The van der Waals surface area contributed by atoms with Gasteiger partial charge >= 0.3 is 5.63 Å². The molecule has 118 valence electrons. The Morgan fingerprint density at radius 1 is 1.27 bits per heavy atom. The van der Waals surface area contributed by atoms with E-state index in [1.165, 1.54) is 4.74 Å². The average molecular weight is 306 g/mol. The molecule has 0 aliphatic carbocycles. The van der Waals surface area contributed by atoms with Crippen LogP contribution >= 0.6 is 0 Å². The highest BCUT2D eigenvalue weighted by atomic mass is 16.5. The maximum absolute atomic E-state index is 12.1. The van der Waals surface area contributed by atoms with Gasteiger partial charge in [-0.2, -0.15) is 0 Å². The van der Waals surface area contributed by atoms with Crippen molar-refractivity contribution in [3.63, 3.8) is 0 Å². The van der Waals surface area contributed by atoms with Gasteiger partial charge in [0.15, 0.2) is 11.5 Å². The van der Waals surface area contributed by atoms with Crippen LogP contribution in [0.3, 0.4) is 0 Å². The van der Waals surface area contributed by atoms with Crippen LogP contribution in [0.1, 0.15) is 21.6 Å². The number of nitrogens with one attached hydrogen (secondary N) is 1. The Hall–Kier alpha value is -2.70. The molecule has 1 amide bonds. The number of hydrogen-bond donors (Lipinski definition) is 1. The summed E-state index contributed by atoms with van der Waals surface area (Å²) in [5.41, 5.74) is 0.673. The fourth-order valence-electron chi connectivity index (χ4n) is 2.06. The Morgan fingerprint density at radius 2 is 1.95 bits per heavy atom. The molecule has 0 fully saturated rings. The van der Waals surface area contributed by atoms with E-state index in [9.17, 15) is 9.59 Å². The van der Waals surface area contributed by atoms with Crippen LogP contribution < -0.4 is 20.4 Å². The minimum absolute atomic E-state index is 0.0166. The Morgan fingerprint density at radius 3 is 2.50 bits per heavy atom. The molecule has 0 bridgehead atoms. The van der Waals surface area contributed by atoms with Gasteiger partial charge in [-0.3, -0.25) is 4.79 Å². The molecule has 2 aromatic rings. The predicted octanol–water partition coefficient (Wildman–Crippen LogP) is 1.23. The molecule has 0 aliphatic rings. The van der Waals surface area contributed by atoms with Gasteiger partial charge in [0.25, 0.3) is 5.91 Å². The van der Waals surface area contributed by atoms with E-state index in [1.807, 2.05) is 6.07 Å². The molecular weight excluding hydrogens is 288 g/mol. The zero-order valence-corrected chi connectivity index (χ0v) is 12.9. The number of aromatic nitrogens is 1. The third kappa shape index (κ3) is 2.98. The minimum atomic E-state index is -0.648. The average Bonchev–Trinajstić information content (AvgIpc) is 2.77. The number of carbonyl (C=O) groups excluding carboxylic acids is 1.